The Hall–Kier alpha value is -0.870. The van der Waals surface area contributed by atoms with E-state index in [1.165, 1.54) is 11.3 Å². The molecule has 2 heterocycles. The highest BCUT2D eigenvalue weighted by Gasteiger charge is 2.20. The lowest BCUT2D eigenvalue weighted by molar-refractivity contribution is 0.181. The van der Waals surface area contributed by atoms with Crippen LogP contribution >= 0.6 is 0 Å². The fraction of sp³-hybridized carbons (Fsp3) is 0.750. The van der Waals surface area contributed by atoms with Crippen LogP contribution in [0.1, 0.15) is 36.3 Å². The molecule has 0 amide bonds. The molecule has 1 aromatic heterocycles. The second-order valence-corrected chi connectivity index (χ2v) is 4.78. The number of ether oxygens (including phenoxy) is 1. The van der Waals surface area contributed by atoms with Crippen molar-refractivity contribution in [1.29, 1.82) is 0 Å². The van der Waals surface area contributed by atoms with Crippen molar-refractivity contribution >= 4 is 0 Å². The zero-order valence-electron chi connectivity index (χ0n) is 10.4. The molecular weight excluding hydrogens is 202 g/mol. The van der Waals surface area contributed by atoms with Crippen molar-refractivity contribution < 1.29 is 4.74 Å². The molecule has 0 radical (unpaired) electrons. The number of hydrogen-bond donors (Lipinski definition) is 1. The molecule has 1 fully saturated rings. The molecule has 0 saturated carbocycles. The lowest BCUT2D eigenvalue weighted by Gasteiger charge is -2.10. The zero-order valence-corrected chi connectivity index (χ0v) is 10.4. The second kappa shape index (κ2) is 4.55. The standard InChI is InChI=1S/C12H21N3O/c1-8(13)12-9(2)14-15(10(12)3)6-11-4-5-16-7-11/h8,11H,4-7,13H2,1-3H3. The van der Waals surface area contributed by atoms with Crippen LogP contribution in [0.3, 0.4) is 0 Å². The second-order valence-electron chi connectivity index (χ2n) is 4.78. The van der Waals surface area contributed by atoms with Crippen molar-refractivity contribution in [2.45, 2.75) is 39.8 Å². The van der Waals surface area contributed by atoms with E-state index in [9.17, 15) is 0 Å². The highest BCUT2D eigenvalue weighted by molar-refractivity contribution is 5.27. The highest BCUT2D eigenvalue weighted by Crippen LogP contribution is 2.22. The molecule has 4 heteroatoms. The number of nitrogens with two attached hydrogens (primary N) is 1. The predicted octanol–water partition coefficient (Wildman–Crippen LogP) is 1.56. The minimum Gasteiger partial charge on any atom is -0.381 e. The Balaban J connectivity index is 2.18. The van der Waals surface area contributed by atoms with Crippen LogP contribution in [0.15, 0.2) is 0 Å². The lowest BCUT2D eigenvalue weighted by atomic mass is 10.1. The molecule has 0 aromatic carbocycles. The third-order valence-electron chi connectivity index (χ3n) is 3.35. The molecule has 0 spiro atoms. The maximum atomic E-state index is 5.96. The maximum Gasteiger partial charge on any atom is 0.0644 e. The van der Waals surface area contributed by atoms with Crippen LogP contribution < -0.4 is 5.73 Å². The molecule has 2 atom stereocenters. The smallest absolute Gasteiger partial charge is 0.0644 e. The van der Waals surface area contributed by atoms with Crippen LogP contribution in [0.5, 0.6) is 0 Å². The number of nitrogens with zero attached hydrogens (tertiary/aromatic N) is 2. The molecule has 0 aliphatic carbocycles. The maximum absolute atomic E-state index is 5.96. The minimum absolute atomic E-state index is 0.0635. The van der Waals surface area contributed by atoms with E-state index >= 15 is 0 Å². The average molecular weight is 223 g/mol. The van der Waals surface area contributed by atoms with Crippen LogP contribution in [-0.2, 0) is 11.3 Å². The summed E-state index contributed by atoms with van der Waals surface area (Å²) in [6, 6.07) is 0.0635. The molecule has 1 aromatic rings. The van der Waals surface area contributed by atoms with Gasteiger partial charge in [-0.15, -0.1) is 0 Å². The SMILES string of the molecule is Cc1nn(CC2CCOC2)c(C)c1C(C)N. The van der Waals surface area contributed by atoms with Crippen molar-refractivity contribution in [3.63, 3.8) is 0 Å². The van der Waals surface area contributed by atoms with Gasteiger partial charge in [0.15, 0.2) is 0 Å². The molecule has 2 N–H and O–H groups in total. The molecule has 0 bridgehead atoms. The number of aryl methyl sites for hydroxylation is 1. The summed E-state index contributed by atoms with van der Waals surface area (Å²) >= 11 is 0. The quantitative estimate of drug-likeness (QED) is 0.846. The predicted molar refractivity (Wildman–Crippen MR) is 63.2 cm³/mol. The van der Waals surface area contributed by atoms with Gasteiger partial charge in [-0.05, 0) is 27.2 Å². The molecule has 1 saturated heterocycles. The van der Waals surface area contributed by atoms with Crippen molar-refractivity contribution in [3.8, 4) is 0 Å². The Bertz CT molecular complexity index is 365. The summed E-state index contributed by atoms with van der Waals surface area (Å²) < 4.78 is 7.48. The zero-order chi connectivity index (χ0) is 11.7. The summed E-state index contributed by atoms with van der Waals surface area (Å²) in [7, 11) is 0. The molecule has 16 heavy (non-hydrogen) atoms. The van der Waals surface area contributed by atoms with Gasteiger partial charge in [0.25, 0.3) is 0 Å². The normalized spacial score (nSPS) is 22.6. The van der Waals surface area contributed by atoms with Crippen LogP contribution in [-0.4, -0.2) is 23.0 Å². The molecule has 1 aliphatic heterocycles. The van der Waals surface area contributed by atoms with Crippen LogP contribution in [0, 0.1) is 19.8 Å². The van der Waals surface area contributed by atoms with E-state index in [2.05, 4.69) is 16.7 Å². The van der Waals surface area contributed by atoms with Gasteiger partial charge in [0.2, 0.25) is 0 Å². The molecular formula is C12H21N3O. The molecule has 4 nitrogen and oxygen atoms in total. The third kappa shape index (κ3) is 2.13. The van der Waals surface area contributed by atoms with Crippen molar-refractivity contribution in [2.75, 3.05) is 13.2 Å². The summed E-state index contributed by atoms with van der Waals surface area (Å²) in [5.41, 5.74) is 9.42. The van der Waals surface area contributed by atoms with Crippen LogP contribution in [0.25, 0.3) is 0 Å². The average Bonchev–Trinajstić information content (AvgIpc) is 2.76. The summed E-state index contributed by atoms with van der Waals surface area (Å²) in [5, 5.41) is 4.58. The Morgan fingerprint density at radius 1 is 1.56 bits per heavy atom. The van der Waals surface area contributed by atoms with Crippen molar-refractivity contribution in [2.24, 2.45) is 11.7 Å². The van der Waals surface area contributed by atoms with Gasteiger partial charge in [-0.2, -0.15) is 5.10 Å². The van der Waals surface area contributed by atoms with E-state index in [0.717, 1.165) is 31.9 Å². The summed E-state index contributed by atoms with van der Waals surface area (Å²) in [5.74, 6) is 0.610. The van der Waals surface area contributed by atoms with E-state index in [0.29, 0.717) is 5.92 Å². The Labute approximate surface area is 96.8 Å². The fourth-order valence-corrected chi connectivity index (χ4v) is 2.52. The van der Waals surface area contributed by atoms with E-state index in [-0.39, 0.29) is 6.04 Å². The summed E-state index contributed by atoms with van der Waals surface area (Å²) in [6.45, 7) is 8.87. The van der Waals surface area contributed by atoms with Gasteiger partial charge in [0, 0.05) is 36.4 Å². The molecule has 90 valence electrons. The monoisotopic (exact) mass is 223 g/mol. The van der Waals surface area contributed by atoms with Crippen molar-refractivity contribution in [3.05, 3.63) is 17.0 Å². The fourth-order valence-electron chi connectivity index (χ4n) is 2.52. The molecule has 1 aliphatic rings. The largest absolute Gasteiger partial charge is 0.381 e. The third-order valence-corrected chi connectivity index (χ3v) is 3.35. The first-order valence-electron chi connectivity index (χ1n) is 5.96. The first kappa shape index (κ1) is 11.6. The first-order chi connectivity index (χ1) is 7.59. The number of hydrogen-bond acceptors (Lipinski definition) is 3. The van der Waals surface area contributed by atoms with Gasteiger partial charge in [-0.3, -0.25) is 4.68 Å². The first-order valence-corrected chi connectivity index (χ1v) is 5.96. The topological polar surface area (TPSA) is 53.1 Å². The minimum atomic E-state index is 0.0635. The van der Waals surface area contributed by atoms with E-state index in [1.54, 1.807) is 0 Å². The van der Waals surface area contributed by atoms with E-state index in [4.69, 9.17) is 10.5 Å². The Morgan fingerprint density at radius 2 is 2.31 bits per heavy atom. The molecule has 2 rings (SSSR count). The van der Waals surface area contributed by atoms with Gasteiger partial charge in [-0.25, -0.2) is 0 Å². The van der Waals surface area contributed by atoms with Gasteiger partial charge < -0.3 is 10.5 Å². The highest BCUT2D eigenvalue weighted by atomic mass is 16.5. The van der Waals surface area contributed by atoms with Crippen molar-refractivity contribution in [1.82, 2.24) is 9.78 Å². The van der Waals surface area contributed by atoms with E-state index < -0.39 is 0 Å². The van der Waals surface area contributed by atoms with Gasteiger partial charge in [0.05, 0.1) is 12.3 Å². The number of aromatic nitrogens is 2. The summed E-state index contributed by atoms with van der Waals surface area (Å²) in [6.07, 6.45) is 1.14. The summed E-state index contributed by atoms with van der Waals surface area (Å²) in [4.78, 5) is 0. The Morgan fingerprint density at radius 3 is 2.81 bits per heavy atom. The van der Waals surface area contributed by atoms with Crippen LogP contribution in [0.4, 0.5) is 0 Å². The van der Waals surface area contributed by atoms with Gasteiger partial charge in [-0.1, -0.05) is 0 Å². The van der Waals surface area contributed by atoms with Crippen LogP contribution in [0.2, 0.25) is 0 Å². The van der Waals surface area contributed by atoms with Gasteiger partial charge in [0.1, 0.15) is 0 Å². The molecule has 2 unspecified atom stereocenters. The van der Waals surface area contributed by atoms with E-state index in [1.807, 2.05) is 13.8 Å². The Kier molecular flexibility index (Phi) is 3.30. The lowest BCUT2D eigenvalue weighted by Crippen LogP contribution is -2.14. The number of rotatable bonds is 3. The van der Waals surface area contributed by atoms with Gasteiger partial charge >= 0.3 is 0 Å².